The lowest BCUT2D eigenvalue weighted by Crippen LogP contribution is -2.27. The molecule has 0 aromatic carbocycles. The molecule has 0 unspecified atom stereocenters. The van der Waals surface area contributed by atoms with Crippen molar-refractivity contribution < 1.29 is 13.2 Å². The minimum Gasteiger partial charge on any atom is -0.343 e. The first kappa shape index (κ1) is 8.48. The van der Waals surface area contributed by atoms with E-state index in [0.29, 0.717) is 26.0 Å². The molecule has 1 rings (SSSR count). The van der Waals surface area contributed by atoms with Gasteiger partial charge in [0, 0.05) is 19.6 Å². The van der Waals surface area contributed by atoms with Gasteiger partial charge in [-0.15, -0.1) is 0 Å². The van der Waals surface area contributed by atoms with Crippen LogP contribution >= 0.6 is 0 Å². The summed E-state index contributed by atoms with van der Waals surface area (Å²) in [4.78, 5) is 11.7. The van der Waals surface area contributed by atoms with Crippen LogP contribution in [0, 0.1) is 0 Å². The zero-order valence-electron chi connectivity index (χ0n) is 5.99. The van der Waals surface area contributed by atoms with Gasteiger partial charge in [-0.05, 0) is 0 Å². The second kappa shape index (κ2) is 3.19. The standard InChI is InChI=1S/C5H10N2O3S/c8-5-7-2-1-6-11(9,10)4-3-7/h5-6H,1-4H2. The van der Waals surface area contributed by atoms with E-state index in [9.17, 15) is 13.2 Å². The molecule has 1 saturated heterocycles. The van der Waals surface area contributed by atoms with Crippen LogP contribution in [0.5, 0.6) is 0 Å². The van der Waals surface area contributed by atoms with Gasteiger partial charge in [0.1, 0.15) is 0 Å². The van der Waals surface area contributed by atoms with Gasteiger partial charge in [0.25, 0.3) is 0 Å². The quantitative estimate of drug-likeness (QED) is 0.491. The average molecular weight is 178 g/mol. The molecule has 0 aliphatic carbocycles. The molecule has 0 radical (unpaired) electrons. The molecule has 0 aromatic heterocycles. The van der Waals surface area contributed by atoms with Crippen molar-refractivity contribution >= 4 is 16.4 Å². The summed E-state index contributed by atoms with van der Waals surface area (Å²) in [6.45, 7) is 1.07. The van der Waals surface area contributed by atoms with Gasteiger partial charge in [0.2, 0.25) is 16.4 Å². The predicted molar refractivity (Wildman–Crippen MR) is 39.4 cm³/mol. The molecule has 1 aliphatic heterocycles. The third kappa shape index (κ3) is 2.47. The van der Waals surface area contributed by atoms with Crippen molar-refractivity contribution in [2.45, 2.75) is 0 Å². The van der Waals surface area contributed by atoms with Gasteiger partial charge in [0.15, 0.2) is 0 Å². The zero-order chi connectivity index (χ0) is 8.32. The monoisotopic (exact) mass is 178 g/mol. The largest absolute Gasteiger partial charge is 0.343 e. The van der Waals surface area contributed by atoms with Crippen LogP contribution in [0.4, 0.5) is 0 Å². The lowest BCUT2D eigenvalue weighted by Gasteiger charge is -2.10. The number of sulfonamides is 1. The Morgan fingerprint density at radius 2 is 2.09 bits per heavy atom. The molecule has 0 atom stereocenters. The summed E-state index contributed by atoms with van der Waals surface area (Å²) in [5, 5.41) is 0. The van der Waals surface area contributed by atoms with E-state index in [0.717, 1.165) is 0 Å². The van der Waals surface area contributed by atoms with Crippen LogP contribution in [-0.4, -0.2) is 45.1 Å². The van der Waals surface area contributed by atoms with Crippen molar-refractivity contribution in [1.29, 1.82) is 0 Å². The highest BCUT2D eigenvalue weighted by molar-refractivity contribution is 7.89. The second-order valence-electron chi connectivity index (χ2n) is 2.35. The second-order valence-corrected chi connectivity index (χ2v) is 4.28. The number of carbonyl (C=O) groups is 1. The first-order chi connectivity index (χ1) is 5.14. The van der Waals surface area contributed by atoms with Crippen LogP contribution in [-0.2, 0) is 14.8 Å². The molecule has 1 amide bonds. The molecular formula is C5H10N2O3S. The van der Waals surface area contributed by atoms with Crippen LogP contribution in [0.25, 0.3) is 0 Å². The molecule has 11 heavy (non-hydrogen) atoms. The van der Waals surface area contributed by atoms with Crippen molar-refractivity contribution in [3.8, 4) is 0 Å². The van der Waals surface area contributed by atoms with Crippen molar-refractivity contribution in [3.63, 3.8) is 0 Å². The summed E-state index contributed by atoms with van der Waals surface area (Å²) < 4.78 is 24.1. The van der Waals surface area contributed by atoms with Crippen molar-refractivity contribution in [1.82, 2.24) is 9.62 Å². The molecule has 5 nitrogen and oxygen atoms in total. The lowest BCUT2D eigenvalue weighted by molar-refractivity contribution is -0.117. The molecular weight excluding hydrogens is 168 g/mol. The lowest BCUT2D eigenvalue weighted by atomic mass is 10.5. The molecule has 0 aromatic rings. The van der Waals surface area contributed by atoms with Gasteiger partial charge in [-0.2, -0.15) is 0 Å². The third-order valence-corrected chi connectivity index (χ3v) is 2.88. The first-order valence-electron chi connectivity index (χ1n) is 3.31. The number of nitrogens with zero attached hydrogens (tertiary/aromatic N) is 1. The Morgan fingerprint density at radius 1 is 1.36 bits per heavy atom. The third-order valence-electron chi connectivity index (χ3n) is 1.52. The molecule has 64 valence electrons. The molecule has 1 N–H and O–H groups in total. The van der Waals surface area contributed by atoms with Crippen LogP contribution in [0.15, 0.2) is 0 Å². The maximum absolute atomic E-state index is 10.9. The van der Waals surface area contributed by atoms with E-state index in [1.54, 1.807) is 0 Å². The molecule has 1 heterocycles. The van der Waals surface area contributed by atoms with E-state index >= 15 is 0 Å². The van der Waals surface area contributed by atoms with Gasteiger partial charge in [-0.1, -0.05) is 0 Å². The summed E-state index contributed by atoms with van der Waals surface area (Å²) in [5.41, 5.74) is 0. The highest BCUT2D eigenvalue weighted by atomic mass is 32.2. The number of nitrogens with one attached hydrogen (secondary N) is 1. The highest BCUT2D eigenvalue weighted by Gasteiger charge is 2.16. The molecule has 1 fully saturated rings. The number of amides is 1. The van der Waals surface area contributed by atoms with E-state index in [2.05, 4.69) is 4.72 Å². The number of hydrogen-bond donors (Lipinski definition) is 1. The van der Waals surface area contributed by atoms with Crippen molar-refractivity contribution in [2.24, 2.45) is 0 Å². The normalized spacial score (nSPS) is 24.2. The van der Waals surface area contributed by atoms with E-state index in [1.165, 1.54) is 4.90 Å². The Hall–Kier alpha value is -0.620. The summed E-state index contributed by atoms with van der Waals surface area (Å²) in [6, 6.07) is 0. The summed E-state index contributed by atoms with van der Waals surface area (Å²) in [5.74, 6) is 0.00569. The number of hydrogen-bond acceptors (Lipinski definition) is 3. The van der Waals surface area contributed by atoms with Crippen LogP contribution in [0.1, 0.15) is 0 Å². The first-order valence-corrected chi connectivity index (χ1v) is 4.96. The molecule has 1 aliphatic rings. The van der Waals surface area contributed by atoms with Crippen LogP contribution in [0.3, 0.4) is 0 Å². The fourth-order valence-corrected chi connectivity index (χ4v) is 1.89. The van der Waals surface area contributed by atoms with E-state index < -0.39 is 10.0 Å². The van der Waals surface area contributed by atoms with Gasteiger partial charge >= 0.3 is 0 Å². The number of carbonyl (C=O) groups excluding carboxylic acids is 1. The Labute approximate surface area is 65.4 Å². The van der Waals surface area contributed by atoms with Gasteiger partial charge in [0.05, 0.1) is 5.75 Å². The summed E-state index contributed by atoms with van der Waals surface area (Å²) in [6.07, 6.45) is 0.669. The average Bonchev–Trinajstić information content (AvgIpc) is 2.10. The van der Waals surface area contributed by atoms with E-state index in [4.69, 9.17) is 0 Å². The number of rotatable bonds is 1. The topological polar surface area (TPSA) is 66.5 Å². The molecule has 0 bridgehead atoms. The van der Waals surface area contributed by atoms with E-state index in [-0.39, 0.29) is 5.75 Å². The van der Waals surface area contributed by atoms with Gasteiger partial charge in [-0.3, -0.25) is 4.79 Å². The predicted octanol–water partition coefficient (Wildman–Crippen LogP) is -1.62. The Balaban J connectivity index is 2.59. The van der Waals surface area contributed by atoms with Crippen LogP contribution < -0.4 is 4.72 Å². The summed E-state index contributed by atoms with van der Waals surface area (Å²) >= 11 is 0. The van der Waals surface area contributed by atoms with Crippen LogP contribution in [0.2, 0.25) is 0 Å². The SMILES string of the molecule is O=CN1CCNS(=O)(=O)CC1. The Bertz CT molecular complexity index is 236. The van der Waals surface area contributed by atoms with Gasteiger partial charge < -0.3 is 4.90 Å². The fourth-order valence-electron chi connectivity index (χ4n) is 0.872. The zero-order valence-corrected chi connectivity index (χ0v) is 6.80. The summed E-state index contributed by atoms with van der Waals surface area (Å²) in [7, 11) is -3.11. The maximum Gasteiger partial charge on any atom is 0.213 e. The van der Waals surface area contributed by atoms with E-state index in [1.807, 2.05) is 0 Å². The highest BCUT2D eigenvalue weighted by Crippen LogP contribution is 1.93. The fraction of sp³-hybridized carbons (Fsp3) is 0.800. The minimum absolute atomic E-state index is 0.00569. The Morgan fingerprint density at radius 3 is 2.73 bits per heavy atom. The molecule has 0 spiro atoms. The van der Waals surface area contributed by atoms with Crippen molar-refractivity contribution in [3.05, 3.63) is 0 Å². The molecule has 0 saturated carbocycles. The van der Waals surface area contributed by atoms with Crippen molar-refractivity contribution in [2.75, 3.05) is 25.4 Å². The Kier molecular flexibility index (Phi) is 2.45. The smallest absolute Gasteiger partial charge is 0.213 e. The van der Waals surface area contributed by atoms with Gasteiger partial charge in [-0.25, -0.2) is 13.1 Å². The maximum atomic E-state index is 10.9. The molecule has 6 heteroatoms. The minimum atomic E-state index is -3.11.